The lowest BCUT2D eigenvalue weighted by atomic mass is 10.0. The molecule has 0 aliphatic heterocycles. The molecule has 0 saturated carbocycles. The number of pyridine rings is 1. The van der Waals surface area contributed by atoms with Gasteiger partial charge in [0.25, 0.3) is 0 Å². The standard InChI is InChI=1S/C17H12FNO/c1-2-11-13-9-10(18)7-8-14(13)19-16-12-5-3-4-6-15(12)20-17(11)16/h3-9H,2H2,1H3. The highest BCUT2D eigenvalue weighted by molar-refractivity contribution is 6.08. The third kappa shape index (κ3) is 1.46. The second kappa shape index (κ2) is 4.04. The fraction of sp³-hybridized carbons (Fsp3) is 0.118. The second-order valence-corrected chi connectivity index (χ2v) is 4.88. The number of para-hydroxylation sites is 1. The van der Waals surface area contributed by atoms with E-state index in [0.717, 1.165) is 45.0 Å². The average molecular weight is 265 g/mol. The molecule has 0 spiro atoms. The molecule has 0 aliphatic carbocycles. The molecule has 0 saturated heterocycles. The molecule has 3 heteroatoms. The predicted octanol–water partition coefficient (Wildman–Crippen LogP) is 4.84. The molecule has 0 bridgehead atoms. The van der Waals surface area contributed by atoms with Gasteiger partial charge in [0.2, 0.25) is 0 Å². The fourth-order valence-corrected chi connectivity index (χ4v) is 2.79. The summed E-state index contributed by atoms with van der Waals surface area (Å²) in [6, 6.07) is 12.6. The second-order valence-electron chi connectivity index (χ2n) is 4.88. The molecule has 0 atom stereocenters. The van der Waals surface area contributed by atoms with Gasteiger partial charge in [0.1, 0.15) is 16.9 Å². The highest BCUT2D eigenvalue weighted by Gasteiger charge is 2.15. The van der Waals surface area contributed by atoms with Gasteiger partial charge in [0, 0.05) is 16.3 Å². The van der Waals surface area contributed by atoms with E-state index in [9.17, 15) is 4.39 Å². The Morgan fingerprint density at radius 3 is 2.80 bits per heavy atom. The van der Waals surface area contributed by atoms with Crippen LogP contribution in [-0.4, -0.2) is 4.98 Å². The van der Waals surface area contributed by atoms with Gasteiger partial charge >= 0.3 is 0 Å². The van der Waals surface area contributed by atoms with Crippen LogP contribution >= 0.6 is 0 Å². The Morgan fingerprint density at radius 2 is 1.95 bits per heavy atom. The highest BCUT2D eigenvalue weighted by atomic mass is 19.1. The zero-order chi connectivity index (χ0) is 13.7. The summed E-state index contributed by atoms with van der Waals surface area (Å²) in [5.74, 6) is -0.246. The van der Waals surface area contributed by atoms with Crippen molar-refractivity contribution in [2.45, 2.75) is 13.3 Å². The van der Waals surface area contributed by atoms with Gasteiger partial charge in [0.05, 0.1) is 5.52 Å². The molecule has 0 radical (unpaired) electrons. The molecule has 98 valence electrons. The van der Waals surface area contributed by atoms with Gasteiger partial charge in [-0.15, -0.1) is 0 Å². The number of aryl methyl sites for hydroxylation is 1. The number of hydrogen-bond donors (Lipinski definition) is 0. The highest BCUT2D eigenvalue weighted by Crippen LogP contribution is 2.33. The molecule has 0 N–H and O–H groups in total. The van der Waals surface area contributed by atoms with E-state index < -0.39 is 0 Å². The van der Waals surface area contributed by atoms with E-state index in [0.29, 0.717) is 0 Å². The van der Waals surface area contributed by atoms with Gasteiger partial charge in [0.15, 0.2) is 5.58 Å². The lowest BCUT2D eigenvalue weighted by molar-refractivity contribution is 0.629. The average Bonchev–Trinajstić information content (AvgIpc) is 2.83. The Morgan fingerprint density at radius 1 is 1.10 bits per heavy atom. The molecular weight excluding hydrogens is 253 g/mol. The van der Waals surface area contributed by atoms with Crippen molar-refractivity contribution in [2.24, 2.45) is 0 Å². The molecule has 2 nitrogen and oxygen atoms in total. The SMILES string of the molecule is CCc1c2cc(F)ccc2nc2c1oc1ccccc12. The third-order valence-electron chi connectivity index (χ3n) is 3.71. The first-order valence-electron chi connectivity index (χ1n) is 6.67. The van der Waals surface area contributed by atoms with Crippen molar-refractivity contribution >= 4 is 33.0 Å². The van der Waals surface area contributed by atoms with Crippen molar-refractivity contribution in [1.29, 1.82) is 0 Å². The van der Waals surface area contributed by atoms with Crippen LogP contribution in [0.5, 0.6) is 0 Å². The minimum Gasteiger partial charge on any atom is -0.454 e. The normalized spacial score (nSPS) is 11.7. The van der Waals surface area contributed by atoms with E-state index in [1.807, 2.05) is 31.2 Å². The summed E-state index contributed by atoms with van der Waals surface area (Å²) in [6.07, 6.45) is 0.777. The lowest BCUT2D eigenvalue weighted by Crippen LogP contribution is -1.90. The maximum atomic E-state index is 13.5. The van der Waals surface area contributed by atoms with Crippen LogP contribution in [0.3, 0.4) is 0 Å². The van der Waals surface area contributed by atoms with Gasteiger partial charge in [-0.3, -0.25) is 0 Å². The maximum absolute atomic E-state index is 13.5. The monoisotopic (exact) mass is 265 g/mol. The summed E-state index contributed by atoms with van der Waals surface area (Å²) >= 11 is 0. The summed E-state index contributed by atoms with van der Waals surface area (Å²) in [4.78, 5) is 4.66. The first kappa shape index (κ1) is 11.4. The number of benzene rings is 2. The lowest BCUT2D eigenvalue weighted by Gasteiger charge is -2.05. The summed E-state index contributed by atoms with van der Waals surface area (Å²) in [7, 11) is 0. The van der Waals surface area contributed by atoms with Crippen molar-refractivity contribution in [2.75, 3.05) is 0 Å². The smallest absolute Gasteiger partial charge is 0.157 e. The van der Waals surface area contributed by atoms with Crippen molar-refractivity contribution in [3.63, 3.8) is 0 Å². The Labute approximate surface area is 114 Å². The quantitative estimate of drug-likeness (QED) is 0.492. The van der Waals surface area contributed by atoms with E-state index in [2.05, 4.69) is 4.98 Å². The number of aromatic nitrogens is 1. The largest absolute Gasteiger partial charge is 0.454 e. The van der Waals surface area contributed by atoms with E-state index in [1.54, 1.807) is 6.07 Å². The third-order valence-corrected chi connectivity index (χ3v) is 3.71. The molecule has 2 aromatic carbocycles. The molecule has 0 amide bonds. The van der Waals surface area contributed by atoms with Gasteiger partial charge < -0.3 is 4.42 Å². The zero-order valence-corrected chi connectivity index (χ0v) is 11.0. The van der Waals surface area contributed by atoms with Gasteiger partial charge in [-0.25, -0.2) is 9.37 Å². The van der Waals surface area contributed by atoms with Crippen molar-refractivity contribution in [3.8, 4) is 0 Å². The molecule has 2 aromatic heterocycles. The molecule has 4 aromatic rings. The van der Waals surface area contributed by atoms with E-state index in [4.69, 9.17) is 4.42 Å². The van der Waals surface area contributed by atoms with Gasteiger partial charge in [-0.2, -0.15) is 0 Å². The Bertz CT molecular complexity index is 955. The van der Waals surface area contributed by atoms with Crippen LogP contribution in [0.2, 0.25) is 0 Å². The van der Waals surface area contributed by atoms with Crippen molar-refractivity contribution in [3.05, 3.63) is 53.8 Å². The van der Waals surface area contributed by atoms with E-state index >= 15 is 0 Å². The number of rotatable bonds is 1. The maximum Gasteiger partial charge on any atom is 0.157 e. The molecule has 20 heavy (non-hydrogen) atoms. The molecule has 0 fully saturated rings. The Balaban J connectivity index is 2.28. The van der Waals surface area contributed by atoms with E-state index in [1.165, 1.54) is 12.1 Å². The van der Waals surface area contributed by atoms with E-state index in [-0.39, 0.29) is 5.82 Å². The first-order chi connectivity index (χ1) is 9.78. The molecule has 0 aliphatic rings. The topological polar surface area (TPSA) is 26.0 Å². The molecular formula is C17H12FNO. The molecule has 4 rings (SSSR count). The molecule has 2 heterocycles. The van der Waals surface area contributed by atoms with Crippen LogP contribution in [0, 0.1) is 5.82 Å². The van der Waals surface area contributed by atoms with Gasteiger partial charge in [-0.1, -0.05) is 19.1 Å². The minimum atomic E-state index is -0.246. The minimum absolute atomic E-state index is 0.246. The van der Waals surface area contributed by atoms with Crippen LogP contribution in [0.15, 0.2) is 46.9 Å². The number of hydrogen-bond acceptors (Lipinski definition) is 2. The predicted molar refractivity (Wildman–Crippen MR) is 78.4 cm³/mol. The number of nitrogens with zero attached hydrogens (tertiary/aromatic N) is 1. The van der Waals surface area contributed by atoms with Crippen molar-refractivity contribution in [1.82, 2.24) is 4.98 Å². The fourth-order valence-electron chi connectivity index (χ4n) is 2.79. The number of halogens is 1. The number of furan rings is 1. The molecule has 0 unspecified atom stereocenters. The zero-order valence-electron chi connectivity index (χ0n) is 11.0. The van der Waals surface area contributed by atoms with Crippen LogP contribution in [0.1, 0.15) is 12.5 Å². The summed E-state index contributed by atoms with van der Waals surface area (Å²) in [6.45, 7) is 2.05. The summed E-state index contributed by atoms with van der Waals surface area (Å²) < 4.78 is 19.4. The Hall–Kier alpha value is -2.42. The summed E-state index contributed by atoms with van der Waals surface area (Å²) in [5.41, 5.74) is 4.27. The van der Waals surface area contributed by atoms with Crippen molar-refractivity contribution < 1.29 is 8.81 Å². The number of fused-ring (bicyclic) bond motifs is 4. The van der Waals surface area contributed by atoms with Crippen LogP contribution in [-0.2, 0) is 6.42 Å². The first-order valence-corrected chi connectivity index (χ1v) is 6.67. The van der Waals surface area contributed by atoms with Gasteiger partial charge in [-0.05, 0) is 36.8 Å². The Kier molecular flexibility index (Phi) is 2.30. The van der Waals surface area contributed by atoms with Crippen LogP contribution < -0.4 is 0 Å². The van der Waals surface area contributed by atoms with Crippen LogP contribution in [0.4, 0.5) is 4.39 Å². The summed E-state index contributed by atoms with van der Waals surface area (Å²) in [5, 5.41) is 1.84. The van der Waals surface area contributed by atoms with Crippen LogP contribution in [0.25, 0.3) is 33.0 Å².